The second-order valence-corrected chi connectivity index (χ2v) is 8.92. The van der Waals surface area contributed by atoms with Crippen molar-refractivity contribution >= 4 is 16.9 Å². The number of likely N-dealkylation sites (tertiary alicyclic amines) is 1. The Balaban J connectivity index is 1.44. The molecule has 6 nitrogen and oxygen atoms in total. The van der Waals surface area contributed by atoms with Crippen LogP contribution in [0.2, 0.25) is 0 Å². The third-order valence-electron chi connectivity index (χ3n) is 6.68. The van der Waals surface area contributed by atoms with E-state index in [0.717, 1.165) is 60.2 Å². The highest BCUT2D eigenvalue weighted by molar-refractivity contribution is 5.93. The smallest absolute Gasteiger partial charge is 0.246 e. The van der Waals surface area contributed by atoms with Crippen molar-refractivity contribution in [2.24, 2.45) is 0 Å². The van der Waals surface area contributed by atoms with Crippen molar-refractivity contribution in [2.45, 2.75) is 38.6 Å². The fourth-order valence-electron chi connectivity index (χ4n) is 4.82. The van der Waals surface area contributed by atoms with Crippen LogP contribution in [-0.2, 0) is 17.6 Å². The van der Waals surface area contributed by atoms with Gasteiger partial charge in [-0.3, -0.25) is 4.79 Å². The molecule has 0 bridgehead atoms. The van der Waals surface area contributed by atoms with Crippen LogP contribution in [0.3, 0.4) is 0 Å². The summed E-state index contributed by atoms with van der Waals surface area (Å²) >= 11 is 0. The van der Waals surface area contributed by atoms with E-state index in [2.05, 4.69) is 71.1 Å². The molecule has 1 aliphatic rings. The number of piperidine rings is 1. The van der Waals surface area contributed by atoms with E-state index in [1.165, 1.54) is 17.2 Å². The summed E-state index contributed by atoms with van der Waals surface area (Å²) in [5, 5.41) is 6.02. The molecule has 0 unspecified atom stereocenters. The maximum absolute atomic E-state index is 12.2. The fraction of sp³-hybridized carbons (Fsp3) is 0.286. The standard InChI is InChI=1S/C28H29N5O/c1-3-25(34)32-17-7-10-24(18-32)33-28-26(20(2)29-19-30-28)27(31-33)23-15-13-22(14-16-23)12-11-21-8-5-4-6-9-21/h3-6,8-9,13-16,19,24H,1,7,10-12,17-18H2,2H3/t24-/m1/s1. The number of carbonyl (C=O) groups is 1. The van der Waals surface area contributed by atoms with Crippen molar-refractivity contribution in [3.8, 4) is 11.3 Å². The molecule has 1 amide bonds. The zero-order valence-corrected chi connectivity index (χ0v) is 19.5. The highest BCUT2D eigenvalue weighted by atomic mass is 16.2. The first-order valence-electron chi connectivity index (χ1n) is 11.9. The molecule has 172 valence electrons. The third kappa shape index (κ3) is 4.36. The molecule has 2 aromatic heterocycles. The van der Waals surface area contributed by atoms with Gasteiger partial charge < -0.3 is 4.90 Å². The number of aryl methyl sites for hydroxylation is 3. The van der Waals surface area contributed by atoms with Crippen LogP contribution in [0.15, 0.2) is 73.6 Å². The van der Waals surface area contributed by atoms with Gasteiger partial charge >= 0.3 is 0 Å². The molecule has 1 aliphatic heterocycles. The Bertz CT molecular complexity index is 1310. The molecule has 0 spiro atoms. The average molecular weight is 452 g/mol. The van der Waals surface area contributed by atoms with Crippen LogP contribution < -0.4 is 0 Å². The van der Waals surface area contributed by atoms with Crippen LogP contribution in [0.25, 0.3) is 22.3 Å². The molecule has 4 aromatic rings. The number of hydrogen-bond donors (Lipinski definition) is 0. The lowest BCUT2D eigenvalue weighted by atomic mass is 10.0. The van der Waals surface area contributed by atoms with Crippen molar-refractivity contribution in [2.75, 3.05) is 13.1 Å². The maximum Gasteiger partial charge on any atom is 0.246 e. The van der Waals surface area contributed by atoms with Crippen molar-refractivity contribution < 1.29 is 4.79 Å². The molecule has 34 heavy (non-hydrogen) atoms. The van der Waals surface area contributed by atoms with Gasteiger partial charge in [0.1, 0.15) is 12.0 Å². The Morgan fingerprint density at radius 3 is 2.53 bits per heavy atom. The van der Waals surface area contributed by atoms with Crippen molar-refractivity contribution in [3.05, 3.63) is 90.4 Å². The van der Waals surface area contributed by atoms with Gasteiger partial charge in [-0.15, -0.1) is 0 Å². The molecule has 1 saturated heterocycles. The number of rotatable bonds is 6. The van der Waals surface area contributed by atoms with Crippen molar-refractivity contribution in [1.82, 2.24) is 24.6 Å². The van der Waals surface area contributed by atoms with Crippen molar-refractivity contribution in [1.29, 1.82) is 0 Å². The van der Waals surface area contributed by atoms with Crippen LogP contribution >= 0.6 is 0 Å². The second kappa shape index (κ2) is 9.59. The second-order valence-electron chi connectivity index (χ2n) is 8.92. The summed E-state index contributed by atoms with van der Waals surface area (Å²) in [5.41, 5.74) is 6.34. The minimum atomic E-state index is -0.0294. The van der Waals surface area contributed by atoms with Crippen LogP contribution in [0.1, 0.15) is 35.7 Å². The number of amides is 1. The molecule has 2 aromatic carbocycles. The van der Waals surface area contributed by atoms with Gasteiger partial charge in [0.25, 0.3) is 0 Å². The van der Waals surface area contributed by atoms with E-state index >= 15 is 0 Å². The molecule has 5 rings (SSSR count). The number of nitrogens with zero attached hydrogens (tertiary/aromatic N) is 5. The van der Waals surface area contributed by atoms with Crippen LogP contribution in [0, 0.1) is 6.92 Å². The minimum Gasteiger partial charge on any atom is -0.337 e. The van der Waals surface area contributed by atoms with E-state index < -0.39 is 0 Å². The summed E-state index contributed by atoms with van der Waals surface area (Å²) in [7, 11) is 0. The topological polar surface area (TPSA) is 63.9 Å². The summed E-state index contributed by atoms with van der Waals surface area (Å²) in [6, 6.07) is 19.3. The number of hydrogen-bond acceptors (Lipinski definition) is 4. The first-order valence-corrected chi connectivity index (χ1v) is 11.9. The molecule has 0 radical (unpaired) electrons. The van der Waals surface area contributed by atoms with Gasteiger partial charge in [-0.05, 0) is 49.8 Å². The number of aromatic nitrogens is 4. The van der Waals surface area contributed by atoms with E-state index in [0.29, 0.717) is 6.54 Å². The molecule has 1 fully saturated rings. The summed E-state index contributed by atoms with van der Waals surface area (Å²) < 4.78 is 2.01. The lowest BCUT2D eigenvalue weighted by Gasteiger charge is -2.32. The van der Waals surface area contributed by atoms with E-state index in [4.69, 9.17) is 5.10 Å². The largest absolute Gasteiger partial charge is 0.337 e. The van der Waals surface area contributed by atoms with Gasteiger partial charge in [0, 0.05) is 18.7 Å². The highest BCUT2D eigenvalue weighted by Gasteiger charge is 2.27. The minimum absolute atomic E-state index is 0.0294. The molecule has 0 saturated carbocycles. The average Bonchev–Trinajstić information content (AvgIpc) is 3.29. The van der Waals surface area contributed by atoms with Crippen LogP contribution in [-0.4, -0.2) is 43.6 Å². The zero-order chi connectivity index (χ0) is 23.5. The van der Waals surface area contributed by atoms with Crippen LogP contribution in [0.5, 0.6) is 0 Å². The Morgan fingerprint density at radius 1 is 1.06 bits per heavy atom. The van der Waals surface area contributed by atoms with E-state index in [1.807, 2.05) is 16.5 Å². The number of benzene rings is 2. The Labute approximate surface area is 200 Å². The fourth-order valence-corrected chi connectivity index (χ4v) is 4.82. The molecular weight excluding hydrogens is 422 g/mol. The summed E-state index contributed by atoms with van der Waals surface area (Å²) in [6.45, 7) is 7.01. The quantitative estimate of drug-likeness (QED) is 0.390. The molecule has 0 N–H and O–H groups in total. The normalized spacial score (nSPS) is 16.0. The predicted molar refractivity (Wildman–Crippen MR) is 134 cm³/mol. The summed E-state index contributed by atoms with van der Waals surface area (Å²) in [4.78, 5) is 23.1. The lowest BCUT2D eigenvalue weighted by Crippen LogP contribution is -2.40. The molecule has 3 heterocycles. The van der Waals surface area contributed by atoms with Gasteiger partial charge in [-0.1, -0.05) is 61.2 Å². The van der Waals surface area contributed by atoms with Gasteiger partial charge in [0.15, 0.2) is 5.65 Å². The lowest BCUT2D eigenvalue weighted by molar-refractivity contribution is -0.127. The van der Waals surface area contributed by atoms with Crippen LogP contribution in [0.4, 0.5) is 0 Å². The van der Waals surface area contributed by atoms with Crippen molar-refractivity contribution in [3.63, 3.8) is 0 Å². The van der Waals surface area contributed by atoms with Gasteiger partial charge in [0.05, 0.1) is 17.1 Å². The van der Waals surface area contributed by atoms with E-state index in [1.54, 1.807) is 6.33 Å². The molecule has 6 heteroatoms. The monoisotopic (exact) mass is 451 g/mol. The third-order valence-corrected chi connectivity index (χ3v) is 6.68. The van der Waals surface area contributed by atoms with Gasteiger partial charge in [-0.2, -0.15) is 5.10 Å². The number of carbonyl (C=O) groups excluding carboxylic acids is 1. The highest BCUT2D eigenvalue weighted by Crippen LogP contribution is 2.33. The maximum atomic E-state index is 12.2. The Kier molecular flexibility index (Phi) is 6.21. The predicted octanol–water partition coefficient (Wildman–Crippen LogP) is 4.94. The summed E-state index contributed by atoms with van der Waals surface area (Å²) in [6.07, 6.45) is 6.89. The Morgan fingerprint density at radius 2 is 1.79 bits per heavy atom. The van der Waals surface area contributed by atoms with E-state index in [9.17, 15) is 4.79 Å². The first-order chi connectivity index (χ1) is 16.6. The van der Waals surface area contributed by atoms with E-state index in [-0.39, 0.29) is 11.9 Å². The molecule has 1 atom stereocenters. The Hall–Kier alpha value is -3.80. The SMILES string of the molecule is C=CC(=O)N1CCC[C@@H](n2nc(-c3ccc(CCc4ccccc4)cc3)c3c(C)ncnc32)C1. The number of fused-ring (bicyclic) bond motifs is 1. The first kappa shape index (κ1) is 22.0. The van der Waals surface area contributed by atoms with Gasteiger partial charge in [-0.25, -0.2) is 14.6 Å². The molecule has 0 aliphatic carbocycles. The van der Waals surface area contributed by atoms with Gasteiger partial charge in [0.2, 0.25) is 5.91 Å². The zero-order valence-electron chi connectivity index (χ0n) is 19.5. The molecular formula is C28H29N5O. The summed E-state index contributed by atoms with van der Waals surface area (Å²) in [5.74, 6) is -0.0294.